The molecule has 2 aliphatic heterocycles. The van der Waals surface area contributed by atoms with Crippen molar-refractivity contribution in [1.29, 1.82) is 0 Å². The molecule has 1 aromatic rings. The van der Waals surface area contributed by atoms with Crippen LogP contribution in [0.1, 0.15) is 12.8 Å². The topological polar surface area (TPSA) is 87.7 Å². The first-order valence-electron chi connectivity index (χ1n) is 7.38. The van der Waals surface area contributed by atoms with Gasteiger partial charge in [-0.2, -0.15) is 0 Å². The molecule has 2 aliphatic rings. The lowest BCUT2D eigenvalue weighted by Crippen LogP contribution is -2.51. The van der Waals surface area contributed by atoms with Crippen LogP contribution in [0.4, 0.5) is 14.9 Å². The number of amides is 4. The zero-order valence-electron chi connectivity index (χ0n) is 12.6. The first kappa shape index (κ1) is 16.7. The summed E-state index contributed by atoms with van der Waals surface area (Å²) in [5.74, 6) is -1.83. The summed E-state index contributed by atoms with van der Waals surface area (Å²) in [5, 5.41) is 5.16. The number of nitrogens with zero attached hydrogens (tertiary/aromatic N) is 1. The normalized spacial score (nSPS) is 19.5. The van der Waals surface area contributed by atoms with Crippen LogP contribution in [0.3, 0.4) is 0 Å². The molecule has 7 nitrogen and oxygen atoms in total. The lowest BCUT2D eigenvalue weighted by atomic mass is 9.90. The monoisotopic (exact) mass is 355 g/mol. The average Bonchev–Trinajstić information content (AvgIpc) is 2.75. The highest BCUT2D eigenvalue weighted by Gasteiger charge is 2.52. The predicted octanol–water partition coefficient (Wildman–Crippen LogP) is 1.52. The standard InChI is InChI=1S/C15H15ClFN3O4/c16-9-1-2-11(10(17)7-9)18-12(21)8-20-13(22)15(19-14(20)23)3-5-24-6-4-15/h1-2,7H,3-6,8H2,(H,18,21)(H,19,23). The molecule has 9 heteroatoms. The van der Waals surface area contributed by atoms with Gasteiger partial charge in [0.05, 0.1) is 5.69 Å². The molecule has 24 heavy (non-hydrogen) atoms. The van der Waals surface area contributed by atoms with Gasteiger partial charge in [0.15, 0.2) is 0 Å². The van der Waals surface area contributed by atoms with E-state index in [1.807, 2.05) is 0 Å². The van der Waals surface area contributed by atoms with E-state index >= 15 is 0 Å². The molecule has 0 bridgehead atoms. The zero-order chi connectivity index (χ0) is 17.3. The first-order valence-corrected chi connectivity index (χ1v) is 7.76. The van der Waals surface area contributed by atoms with Crippen molar-refractivity contribution in [2.75, 3.05) is 25.1 Å². The molecule has 1 aromatic carbocycles. The van der Waals surface area contributed by atoms with E-state index in [1.165, 1.54) is 12.1 Å². The molecule has 1 spiro atoms. The number of carbonyl (C=O) groups is 3. The summed E-state index contributed by atoms with van der Waals surface area (Å²) < 4.78 is 18.9. The minimum atomic E-state index is -0.999. The van der Waals surface area contributed by atoms with Crippen LogP contribution in [-0.2, 0) is 14.3 Å². The van der Waals surface area contributed by atoms with E-state index in [9.17, 15) is 18.8 Å². The third-order valence-corrected chi connectivity index (χ3v) is 4.33. The fraction of sp³-hybridized carbons (Fsp3) is 0.400. The fourth-order valence-electron chi connectivity index (χ4n) is 2.80. The Labute approximate surface area is 142 Å². The summed E-state index contributed by atoms with van der Waals surface area (Å²) in [4.78, 5) is 37.4. The van der Waals surface area contributed by atoms with Crippen molar-refractivity contribution in [3.63, 3.8) is 0 Å². The minimum Gasteiger partial charge on any atom is -0.381 e. The zero-order valence-corrected chi connectivity index (χ0v) is 13.4. The molecule has 0 atom stereocenters. The highest BCUT2D eigenvalue weighted by Crippen LogP contribution is 2.28. The minimum absolute atomic E-state index is 0.0720. The third-order valence-electron chi connectivity index (χ3n) is 4.10. The maximum absolute atomic E-state index is 13.7. The van der Waals surface area contributed by atoms with Gasteiger partial charge in [0.1, 0.15) is 17.9 Å². The van der Waals surface area contributed by atoms with E-state index in [2.05, 4.69) is 10.6 Å². The summed E-state index contributed by atoms with van der Waals surface area (Å²) in [6.07, 6.45) is 0.725. The van der Waals surface area contributed by atoms with E-state index in [0.717, 1.165) is 11.0 Å². The number of ether oxygens (including phenoxy) is 1. The van der Waals surface area contributed by atoms with Gasteiger partial charge in [0.25, 0.3) is 5.91 Å². The van der Waals surface area contributed by atoms with Crippen molar-refractivity contribution in [2.45, 2.75) is 18.4 Å². The second kappa shape index (κ2) is 6.37. The Balaban J connectivity index is 1.68. The van der Waals surface area contributed by atoms with Crippen LogP contribution in [0.15, 0.2) is 18.2 Å². The van der Waals surface area contributed by atoms with E-state index in [-0.39, 0.29) is 10.7 Å². The molecule has 0 unspecified atom stereocenters. The SMILES string of the molecule is O=C(CN1C(=O)NC2(CCOCC2)C1=O)Nc1ccc(Cl)cc1F. The van der Waals surface area contributed by atoms with Crippen LogP contribution < -0.4 is 10.6 Å². The molecule has 2 N–H and O–H groups in total. The number of urea groups is 1. The van der Waals surface area contributed by atoms with Crippen molar-refractivity contribution in [3.05, 3.63) is 29.0 Å². The van der Waals surface area contributed by atoms with Crippen molar-refractivity contribution >= 4 is 35.1 Å². The summed E-state index contributed by atoms with van der Waals surface area (Å²) in [6.45, 7) is 0.236. The lowest BCUT2D eigenvalue weighted by molar-refractivity contribution is -0.136. The molecule has 0 saturated carbocycles. The van der Waals surface area contributed by atoms with Crippen LogP contribution >= 0.6 is 11.6 Å². The van der Waals surface area contributed by atoms with Gasteiger partial charge in [0, 0.05) is 31.1 Å². The second-order valence-corrected chi connectivity index (χ2v) is 6.12. The van der Waals surface area contributed by atoms with Gasteiger partial charge in [-0.05, 0) is 18.2 Å². The lowest BCUT2D eigenvalue weighted by Gasteiger charge is -2.30. The summed E-state index contributed by atoms with van der Waals surface area (Å²) in [5.41, 5.74) is -1.07. The van der Waals surface area contributed by atoms with Crippen LogP contribution in [0.2, 0.25) is 5.02 Å². The maximum atomic E-state index is 13.7. The smallest absolute Gasteiger partial charge is 0.325 e. The second-order valence-electron chi connectivity index (χ2n) is 5.69. The third kappa shape index (κ3) is 3.07. The van der Waals surface area contributed by atoms with E-state index in [1.54, 1.807) is 0 Å². The molecule has 0 radical (unpaired) electrons. The van der Waals surface area contributed by atoms with Crippen molar-refractivity contribution in [1.82, 2.24) is 10.2 Å². The van der Waals surface area contributed by atoms with Gasteiger partial charge in [-0.1, -0.05) is 11.6 Å². The van der Waals surface area contributed by atoms with Gasteiger partial charge in [0.2, 0.25) is 5.91 Å². The molecule has 3 rings (SSSR count). The fourth-order valence-corrected chi connectivity index (χ4v) is 2.96. The Morgan fingerprint density at radius 3 is 2.75 bits per heavy atom. The van der Waals surface area contributed by atoms with Gasteiger partial charge in [-0.3, -0.25) is 14.5 Å². The molecular formula is C15H15ClFN3O4. The Bertz CT molecular complexity index is 706. The van der Waals surface area contributed by atoms with Gasteiger partial charge < -0.3 is 15.4 Å². The summed E-state index contributed by atoms with van der Waals surface area (Å²) >= 11 is 5.64. The van der Waals surface area contributed by atoms with Crippen LogP contribution in [0, 0.1) is 5.82 Å². The quantitative estimate of drug-likeness (QED) is 0.805. The van der Waals surface area contributed by atoms with Crippen molar-refractivity contribution in [3.8, 4) is 0 Å². The first-order chi connectivity index (χ1) is 11.4. The molecule has 2 fully saturated rings. The maximum Gasteiger partial charge on any atom is 0.325 e. The van der Waals surface area contributed by atoms with Crippen molar-refractivity contribution < 1.29 is 23.5 Å². The highest BCUT2D eigenvalue weighted by atomic mass is 35.5. The largest absolute Gasteiger partial charge is 0.381 e. The predicted molar refractivity (Wildman–Crippen MR) is 83.1 cm³/mol. The van der Waals surface area contributed by atoms with Crippen LogP contribution in [0.25, 0.3) is 0 Å². The van der Waals surface area contributed by atoms with Crippen LogP contribution in [0.5, 0.6) is 0 Å². The average molecular weight is 356 g/mol. The molecule has 128 valence electrons. The number of hydrogen-bond acceptors (Lipinski definition) is 4. The van der Waals surface area contributed by atoms with Gasteiger partial charge in [-0.15, -0.1) is 0 Å². The Morgan fingerprint density at radius 1 is 1.38 bits per heavy atom. The Morgan fingerprint density at radius 2 is 2.08 bits per heavy atom. The number of imide groups is 1. The number of rotatable bonds is 3. The summed E-state index contributed by atoms with van der Waals surface area (Å²) in [6, 6.07) is 3.16. The molecule has 2 saturated heterocycles. The number of nitrogens with one attached hydrogen (secondary N) is 2. The molecule has 2 heterocycles. The van der Waals surface area contributed by atoms with E-state index in [4.69, 9.17) is 16.3 Å². The van der Waals surface area contributed by atoms with E-state index in [0.29, 0.717) is 26.1 Å². The Hall–Kier alpha value is -2.19. The molecule has 4 amide bonds. The number of carbonyl (C=O) groups excluding carboxylic acids is 3. The summed E-state index contributed by atoms with van der Waals surface area (Å²) in [7, 11) is 0. The van der Waals surface area contributed by atoms with Gasteiger partial charge in [-0.25, -0.2) is 9.18 Å². The number of halogens is 2. The van der Waals surface area contributed by atoms with E-state index < -0.39 is 35.7 Å². The number of hydrogen-bond donors (Lipinski definition) is 2. The number of benzene rings is 1. The highest BCUT2D eigenvalue weighted by molar-refractivity contribution is 6.30. The van der Waals surface area contributed by atoms with Gasteiger partial charge >= 0.3 is 6.03 Å². The molecule has 0 aromatic heterocycles. The molecule has 0 aliphatic carbocycles. The molecular weight excluding hydrogens is 341 g/mol. The Kier molecular flexibility index (Phi) is 4.42. The van der Waals surface area contributed by atoms with Crippen molar-refractivity contribution in [2.24, 2.45) is 0 Å². The van der Waals surface area contributed by atoms with Crippen LogP contribution in [-0.4, -0.2) is 48.0 Å². The number of anilines is 1.